The summed E-state index contributed by atoms with van der Waals surface area (Å²) in [5, 5.41) is 9.37. The van der Waals surface area contributed by atoms with Crippen molar-refractivity contribution >= 4 is 5.97 Å². The van der Waals surface area contributed by atoms with Gasteiger partial charge in [-0.25, -0.2) is 0 Å². The molecule has 1 aliphatic heterocycles. The van der Waals surface area contributed by atoms with E-state index in [-0.39, 0.29) is 5.92 Å². The second kappa shape index (κ2) is 5.64. The van der Waals surface area contributed by atoms with Crippen LogP contribution in [0.25, 0.3) is 0 Å². The van der Waals surface area contributed by atoms with Crippen molar-refractivity contribution in [3.63, 3.8) is 0 Å². The fourth-order valence-corrected chi connectivity index (χ4v) is 2.34. The predicted molar refractivity (Wildman–Crippen MR) is 62.5 cm³/mol. The van der Waals surface area contributed by atoms with E-state index in [1.54, 1.807) is 0 Å². The van der Waals surface area contributed by atoms with Crippen molar-refractivity contribution in [1.82, 2.24) is 4.90 Å². The molecule has 4 heteroatoms. The molecule has 4 nitrogen and oxygen atoms in total. The summed E-state index contributed by atoms with van der Waals surface area (Å²) in [5.41, 5.74) is -0.549. The van der Waals surface area contributed by atoms with Gasteiger partial charge in [-0.3, -0.25) is 9.69 Å². The lowest BCUT2D eigenvalue weighted by Gasteiger charge is -2.28. The van der Waals surface area contributed by atoms with Gasteiger partial charge in [0.15, 0.2) is 0 Å². The molecule has 0 amide bonds. The van der Waals surface area contributed by atoms with Crippen LogP contribution in [-0.4, -0.2) is 48.8 Å². The molecule has 0 aromatic rings. The van der Waals surface area contributed by atoms with E-state index in [0.29, 0.717) is 13.2 Å². The number of carboxylic acid groups (broad SMARTS) is 1. The normalized spacial score (nSPS) is 26.5. The molecule has 1 aliphatic rings. The number of rotatable bonds is 6. The molecular formula is C12H23NO3. The molecule has 0 aromatic heterocycles. The highest BCUT2D eigenvalue weighted by Crippen LogP contribution is 2.37. The molecule has 0 bridgehead atoms. The summed E-state index contributed by atoms with van der Waals surface area (Å²) in [5.74, 6) is -0.469. The van der Waals surface area contributed by atoms with E-state index in [1.165, 1.54) is 0 Å². The lowest BCUT2D eigenvalue weighted by atomic mass is 9.76. The number of likely N-dealkylation sites (tertiary alicyclic amines) is 1. The molecule has 0 radical (unpaired) electrons. The Kier molecular flexibility index (Phi) is 4.74. The Morgan fingerprint density at radius 1 is 1.56 bits per heavy atom. The van der Waals surface area contributed by atoms with Gasteiger partial charge in [-0.05, 0) is 25.8 Å². The summed E-state index contributed by atoms with van der Waals surface area (Å²) >= 11 is 0. The lowest BCUT2D eigenvalue weighted by Crippen LogP contribution is -2.39. The summed E-state index contributed by atoms with van der Waals surface area (Å²) in [4.78, 5) is 13.6. The highest BCUT2D eigenvalue weighted by molar-refractivity contribution is 5.75. The first-order chi connectivity index (χ1) is 7.53. The van der Waals surface area contributed by atoms with E-state index in [0.717, 1.165) is 26.1 Å². The van der Waals surface area contributed by atoms with Crippen LogP contribution in [0.15, 0.2) is 0 Å². The maximum atomic E-state index is 11.4. The lowest BCUT2D eigenvalue weighted by molar-refractivity contribution is -0.151. The zero-order valence-corrected chi connectivity index (χ0v) is 10.5. The van der Waals surface area contributed by atoms with E-state index < -0.39 is 11.4 Å². The van der Waals surface area contributed by atoms with Crippen molar-refractivity contribution in [2.24, 2.45) is 11.3 Å². The molecular weight excluding hydrogens is 206 g/mol. The number of aliphatic carboxylic acids is 1. The van der Waals surface area contributed by atoms with Gasteiger partial charge >= 0.3 is 5.97 Å². The molecule has 1 N–H and O–H groups in total. The number of carbonyl (C=O) groups is 1. The number of hydrogen-bond donors (Lipinski definition) is 1. The Morgan fingerprint density at radius 3 is 2.69 bits per heavy atom. The Balaban J connectivity index is 2.51. The smallest absolute Gasteiger partial charge is 0.311 e. The zero-order chi connectivity index (χ0) is 12.2. The van der Waals surface area contributed by atoms with Gasteiger partial charge in [0.1, 0.15) is 0 Å². The molecule has 1 heterocycles. The maximum Gasteiger partial charge on any atom is 0.311 e. The monoisotopic (exact) mass is 229 g/mol. The van der Waals surface area contributed by atoms with E-state index >= 15 is 0 Å². The van der Waals surface area contributed by atoms with Crippen molar-refractivity contribution in [3.05, 3.63) is 0 Å². The molecule has 1 saturated heterocycles. The van der Waals surface area contributed by atoms with Crippen LogP contribution in [-0.2, 0) is 9.53 Å². The maximum absolute atomic E-state index is 11.4. The summed E-state index contributed by atoms with van der Waals surface area (Å²) in [6.45, 7) is 9.77. The van der Waals surface area contributed by atoms with Crippen LogP contribution in [0.4, 0.5) is 0 Å². The van der Waals surface area contributed by atoms with Crippen LogP contribution < -0.4 is 0 Å². The summed E-state index contributed by atoms with van der Waals surface area (Å²) < 4.78 is 5.30. The van der Waals surface area contributed by atoms with E-state index in [4.69, 9.17) is 4.74 Å². The molecule has 0 spiro atoms. The molecule has 16 heavy (non-hydrogen) atoms. The third-order valence-corrected chi connectivity index (χ3v) is 3.67. The number of nitrogens with zero attached hydrogens (tertiary/aromatic N) is 1. The first-order valence-corrected chi connectivity index (χ1v) is 6.06. The average Bonchev–Trinajstić information content (AvgIpc) is 2.64. The molecule has 1 fully saturated rings. The molecule has 1 rings (SSSR count). The highest BCUT2D eigenvalue weighted by Gasteiger charge is 2.46. The van der Waals surface area contributed by atoms with Crippen molar-refractivity contribution in [3.8, 4) is 0 Å². The molecule has 94 valence electrons. The average molecular weight is 229 g/mol. The molecule has 0 saturated carbocycles. The predicted octanol–water partition coefficient (Wildman–Crippen LogP) is 1.46. The Labute approximate surface area is 97.6 Å². The molecule has 1 atom stereocenters. The Bertz CT molecular complexity index is 242. The largest absolute Gasteiger partial charge is 0.481 e. The van der Waals surface area contributed by atoms with Gasteiger partial charge < -0.3 is 9.84 Å². The van der Waals surface area contributed by atoms with Crippen LogP contribution in [0.2, 0.25) is 0 Å². The summed E-state index contributed by atoms with van der Waals surface area (Å²) in [6.07, 6.45) is 0.756. The number of hydrogen-bond acceptors (Lipinski definition) is 3. The molecule has 0 aliphatic carbocycles. The van der Waals surface area contributed by atoms with Crippen molar-refractivity contribution < 1.29 is 14.6 Å². The van der Waals surface area contributed by atoms with Gasteiger partial charge in [0, 0.05) is 19.7 Å². The van der Waals surface area contributed by atoms with E-state index in [9.17, 15) is 9.90 Å². The van der Waals surface area contributed by atoms with Crippen LogP contribution >= 0.6 is 0 Å². The summed E-state index contributed by atoms with van der Waals surface area (Å²) in [7, 11) is 0. The van der Waals surface area contributed by atoms with Gasteiger partial charge in [-0.15, -0.1) is 0 Å². The number of ether oxygens (including phenoxy) is 1. The van der Waals surface area contributed by atoms with Crippen molar-refractivity contribution in [2.45, 2.75) is 27.2 Å². The third kappa shape index (κ3) is 2.74. The van der Waals surface area contributed by atoms with Crippen molar-refractivity contribution in [2.75, 3.05) is 32.8 Å². The first kappa shape index (κ1) is 13.5. The minimum absolute atomic E-state index is 0.182. The van der Waals surface area contributed by atoms with Gasteiger partial charge in [-0.2, -0.15) is 0 Å². The topological polar surface area (TPSA) is 49.8 Å². The van der Waals surface area contributed by atoms with Crippen LogP contribution in [0, 0.1) is 11.3 Å². The second-order valence-corrected chi connectivity index (χ2v) is 4.84. The molecule has 1 unspecified atom stereocenters. The van der Waals surface area contributed by atoms with Crippen molar-refractivity contribution in [1.29, 1.82) is 0 Å². The Morgan fingerprint density at radius 2 is 2.25 bits per heavy atom. The van der Waals surface area contributed by atoms with Crippen LogP contribution in [0.5, 0.6) is 0 Å². The first-order valence-electron chi connectivity index (χ1n) is 6.06. The number of carboxylic acids is 1. The Hall–Kier alpha value is -0.610. The van der Waals surface area contributed by atoms with Crippen LogP contribution in [0.3, 0.4) is 0 Å². The fraction of sp³-hybridized carbons (Fsp3) is 0.917. The highest BCUT2D eigenvalue weighted by atomic mass is 16.5. The third-order valence-electron chi connectivity index (χ3n) is 3.67. The molecule has 0 aromatic carbocycles. The zero-order valence-electron chi connectivity index (χ0n) is 10.5. The van der Waals surface area contributed by atoms with Crippen LogP contribution in [0.1, 0.15) is 27.2 Å². The fourth-order valence-electron chi connectivity index (χ4n) is 2.34. The minimum Gasteiger partial charge on any atom is -0.481 e. The van der Waals surface area contributed by atoms with Gasteiger partial charge in [-0.1, -0.05) is 13.8 Å². The quantitative estimate of drug-likeness (QED) is 0.700. The van der Waals surface area contributed by atoms with Gasteiger partial charge in [0.2, 0.25) is 0 Å². The standard InChI is InChI=1S/C12H23NO3/c1-4-16-8-7-13-6-5-12(9-13,10(2)3)11(14)15/h10H,4-9H2,1-3H3,(H,14,15). The minimum atomic E-state index is -0.651. The second-order valence-electron chi connectivity index (χ2n) is 4.84. The van der Waals surface area contributed by atoms with E-state index in [2.05, 4.69) is 4.90 Å². The van der Waals surface area contributed by atoms with E-state index in [1.807, 2.05) is 20.8 Å². The van der Waals surface area contributed by atoms with Gasteiger partial charge in [0.05, 0.1) is 12.0 Å². The summed E-state index contributed by atoms with van der Waals surface area (Å²) in [6, 6.07) is 0. The SMILES string of the molecule is CCOCCN1CCC(C(=O)O)(C(C)C)C1. The van der Waals surface area contributed by atoms with Gasteiger partial charge in [0.25, 0.3) is 0 Å².